The van der Waals surface area contributed by atoms with Crippen molar-refractivity contribution in [3.63, 3.8) is 0 Å². The molecule has 22 heavy (non-hydrogen) atoms. The predicted octanol–water partition coefficient (Wildman–Crippen LogP) is 3.35. The monoisotopic (exact) mass is 319 g/mol. The molecule has 2 aromatic rings. The number of rotatable bonds is 4. The number of fused-ring (bicyclic) bond motifs is 1. The fourth-order valence-electron chi connectivity index (χ4n) is 2.26. The minimum absolute atomic E-state index is 0.218. The Hall–Kier alpha value is -2.21. The van der Waals surface area contributed by atoms with Crippen molar-refractivity contribution in [3.8, 4) is 0 Å². The van der Waals surface area contributed by atoms with Gasteiger partial charge in [0.25, 0.3) is 11.8 Å². The Morgan fingerprint density at radius 3 is 2.14 bits per heavy atom. The first-order valence-corrected chi connectivity index (χ1v) is 7.59. The first-order chi connectivity index (χ1) is 10.6. The summed E-state index contributed by atoms with van der Waals surface area (Å²) in [6.45, 7) is 0.218. The molecule has 3 nitrogen and oxygen atoms in total. The van der Waals surface area contributed by atoms with E-state index in [1.54, 1.807) is 24.3 Å². The van der Waals surface area contributed by atoms with Gasteiger partial charge < -0.3 is 0 Å². The van der Waals surface area contributed by atoms with Gasteiger partial charge in [-0.25, -0.2) is 8.78 Å². The Bertz CT molecular complexity index is 729. The van der Waals surface area contributed by atoms with E-state index in [1.807, 2.05) is 0 Å². The molecule has 0 saturated carbocycles. The van der Waals surface area contributed by atoms with Crippen LogP contribution in [0.1, 0.15) is 20.7 Å². The van der Waals surface area contributed by atoms with Crippen molar-refractivity contribution >= 4 is 23.6 Å². The van der Waals surface area contributed by atoms with Crippen molar-refractivity contribution in [2.24, 2.45) is 0 Å². The molecular formula is C16H11F2NO2S. The van der Waals surface area contributed by atoms with Gasteiger partial charge in [0, 0.05) is 17.2 Å². The van der Waals surface area contributed by atoms with Crippen molar-refractivity contribution in [1.29, 1.82) is 0 Å². The first kappa shape index (κ1) is 14.7. The molecular weight excluding hydrogens is 308 g/mol. The van der Waals surface area contributed by atoms with Crippen LogP contribution >= 0.6 is 11.8 Å². The summed E-state index contributed by atoms with van der Waals surface area (Å²) in [5, 5.41) is 0. The minimum atomic E-state index is -0.911. The summed E-state index contributed by atoms with van der Waals surface area (Å²) in [6, 6.07) is 10.3. The highest BCUT2D eigenvalue weighted by molar-refractivity contribution is 7.99. The van der Waals surface area contributed by atoms with Gasteiger partial charge in [-0.1, -0.05) is 12.1 Å². The van der Waals surface area contributed by atoms with E-state index in [1.165, 1.54) is 22.7 Å². The Morgan fingerprint density at radius 1 is 0.909 bits per heavy atom. The lowest BCUT2D eigenvalue weighted by Gasteiger charge is -2.13. The van der Waals surface area contributed by atoms with Crippen LogP contribution in [0.15, 0.2) is 47.4 Å². The van der Waals surface area contributed by atoms with Crippen molar-refractivity contribution in [1.82, 2.24) is 4.90 Å². The van der Waals surface area contributed by atoms with Crippen LogP contribution < -0.4 is 0 Å². The lowest BCUT2D eigenvalue weighted by molar-refractivity contribution is 0.0664. The fourth-order valence-corrected chi connectivity index (χ4v) is 3.12. The van der Waals surface area contributed by atoms with Crippen molar-refractivity contribution in [2.45, 2.75) is 4.90 Å². The molecule has 1 heterocycles. The molecule has 0 unspecified atom stereocenters. The second-order valence-electron chi connectivity index (χ2n) is 4.73. The Kier molecular flexibility index (Phi) is 3.94. The zero-order valence-electron chi connectivity index (χ0n) is 11.4. The minimum Gasteiger partial charge on any atom is -0.273 e. The average molecular weight is 319 g/mol. The van der Waals surface area contributed by atoms with Gasteiger partial charge in [0.1, 0.15) is 0 Å². The highest BCUT2D eigenvalue weighted by atomic mass is 32.2. The number of hydrogen-bond acceptors (Lipinski definition) is 3. The van der Waals surface area contributed by atoms with Crippen molar-refractivity contribution < 1.29 is 18.4 Å². The Balaban J connectivity index is 1.64. The van der Waals surface area contributed by atoms with Crippen molar-refractivity contribution in [2.75, 3.05) is 12.3 Å². The molecule has 2 amide bonds. The summed E-state index contributed by atoms with van der Waals surface area (Å²) in [5.41, 5.74) is 0.815. The summed E-state index contributed by atoms with van der Waals surface area (Å²) >= 11 is 1.26. The quantitative estimate of drug-likeness (QED) is 0.640. The van der Waals surface area contributed by atoms with Gasteiger partial charge in [0.15, 0.2) is 11.6 Å². The molecule has 0 saturated heterocycles. The number of carbonyl (C=O) groups excluding carboxylic acids is 2. The fraction of sp³-hybridized carbons (Fsp3) is 0.125. The van der Waals surface area contributed by atoms with E-state index in [-0.39, 0.29) is 18.4 Å². The van der Waals surface area contributed by atoms with Crippen LogP contribution in [0, 0.1) is 11.6 Å². The van der Waals surface area contributed by atoms with Crippen LogP contribution in [0.3, 0.4) is 0 Å². The van der Waals surface area contributed by atoms with Gasteiger partial charge in [-0.3, -0.25) is 14.5 Å². The molecule has 0 spiro atoms. The van der Waals surface area contributed by atoms with Crippen LogP contribution in [-0.4, -0.2) is 29.0 Å². The molecule has 0 aromatic heterocycles. The molecule has 0 atom stereocenters. The number of thioether (sulfide) groups is 1. The molecule has 112 valence electrons. The van der Waals surface area contributed by atoms with Crippen LogP contribution in [0.2, 0.25) is 0 Å². The molecule has 2 aromatic carbocycles. The highest BCUT2D eigenvalue weighted by Gasteiger charge is 2.34. The standard InChI is InChI=1S/C16H11F2NO2S/c17-13-6-5-10(9-14(13)18)22-8-7-19-15(20)11-3-1-2-4-12(11)16(19)21/h1-6,9H,7-8H2. The van der Waals surface area contributed by atoms with Gasteiger partial charge in [-0.2, -0.15) is 0 Å². The number of hydrogen-bond donors (Lipinski definition) is 0. The number of nitrogens with zero attached hydrogens (tertiary/aromatic N) is 1. The smallest absolute Gasteiger partial charge is 0.261 e. The topological polar surface area (TPSA) is 37.4 Å². The summed E-state index contributed by atoms with van der Waals surface area (Å²) in [6.07, 6.45) is 0. The van der Waals surface area contributed by atoms with Gasteiger partial charge in [0.05, 0.1) is 11.1 Å². The second-order valence-corrected chi connectivity index (χ2v) is 5.90. The molecule has 0 bridgehead atoms. The normalized spacial score (nSPS) is 13.6. The van der Waals surface area contributed by atoms with Crippen LogP contribution in [0.25, 0.3) is 0 Å². The maximum Gasteiger partial charge on any atom is 0.261 e. The molecule has 1 aliphatic heterocycles. The third-order valence-electron chi connectivity index (χ3n) is 3.35. The molecule has 0 fully saturated rings. The Labute approximate surface area is 129 Å². The zero-order chi connectivity index (χ0) is 15.7. The maximum absolute atomic E-state index is 13.1. The summed E-state index contributed by atoms with van der Waals surface area (Å²) < 4.78 is 25.9. The van der Waals surface area contributed by atoms with E-state index >= 15 is 0 Å². The van der Waals surface area contributed by atoms with Gasteiger partial charge in [0.2, 0.25) is 0 Å². The maximum atomic E-state index is 13.1. The first-order valence-electron chi connectivity index (χ1n) is 6.61. The molecule has 0 aliphatic carbocycles. The van der Waals surface area contributed by atoms with Crippen molar-refractivity contribution in [3.05, 3.63) is 65.2 Å². The SMILES string of the molecule is O=C1c2ccccc2C(=O)N1CCSc1ccc(F)c(F)c1. The highest BCUT2D eigenvalue weighted by Crippen LogP contribution is 2.24. The molecule has 0 radical (unpaired) electrons. The molecule has 3 rings (SSSR count). The predicted molar refractivity (Wildman–Crippen MR) is 78.9 cm³/mol. The zero-order valence-corrected chi connectivity index (χ0v) is 12.2. The summed E-state index contributed by atoms with van der Waals surface area (Å²) in [7, 11) is 0. The molecule has 6 heteroatoms. The van der Waals surface area contributed by atoms with E-state index in [0.29, 0.717) is 21.8 Å². The van der Waals surface area contributed by atoms with Crippen LogP contribution in [-0.2, 0) is 0 Å². The number of benzene rings is 2. The van der Waals surface area contributed by atoms with Gasteiger partial charge >= 0.3 is 0 Å². The third-order valence-corrected chi connectivity index (χ3v) is 4.33. The largest absolute Gasteiger partial charge is 0.273 e. The second kappa shape index (κ2) is 5.88. The Morgan fingerprint density at radius 2 is 1.55 bits per heavy atom. The lowest BCUT2D eigenvalue weighted by Crippen LogP contribution is -2.31. The lowest BCUT2D eigenvalue weighted by atomic mass is 10.1. The van der Waals surface area contributed by atoms with Gasteiger partial charge in [-0.15, -0.1) is 11.8 Å². The number of halogens is 2. The molecule has 1 aliphatic rings. The van der Waals surface area contributed by atoms with Crippen LogP contribution in [0.5, 0.6) is 0 Å². The number of imide groups is 1. The summed E-state index contributed by atoms with van der Waals surface area (Å²) in [4.78, 5) is 26.0. The van der Waals surface area contributed by atoms with E-state index < -0.39 is 11.6 Å². The summed E-state index contributed by atoms with van der Waals surface area (Å²) in [5.74, 6) is -2.02. The van der Waals surface area contributed by atoms with E-state index in [0.717, 1.165) is 12.1 Å². The third kappa shape index (κ3) is 2.62. The molecule has 0 N–H and O–H groups in total. The van der Waals surface area contributed by atoms with E-state index in [4.69, 9.17) is 0 Å². The van der Waals surface area contributed by atoms with E-state index in [2.05, 4.69) is 0 Å². The number of amides is 2. The van der Waals surface area contributed by atoms with E-state index in [9.17, 15) is 18.4 Å². The van der Waals surface area contributed by atoms with Gasteiger partial charge in [-0.05, 0) is 30.3 Å². The van der Waals surface area contributed by atoms with Crippen LogP contribution in [0.4, 0.5) is 8.78 Å². The number of carbonyl (C=O) groups is 2. The average Bonchev–Trinajstić information content (AvgIpc) is 2.76.